The van der Waals surface area contributed by atoms with Crippen LogP contribution in [-0.2, 0) is 19.1 Å². The highest BCUT2D eigenvalue weighted by Crippen LogP contribution is 2.24. The summed E-state index contributed by atoms with van der Waals surface area (Å²) >= 11 is 0. The second-order valence-electron chi connectivity index (χ2n) is 5.78. The van der Waals surface area contributed by atoms with Crippen LogP contribution in [0.5, 0.6) is 0 Å². The topological polar surface area (TPSA) is 92.8 Å². The van der Waals surface area contributed by atoms with E-state index in [0.29, 0.717) is 6.42 Å². The molecule has 21 heavy (non-hydrogen) atoms. The smallest absolute Gasteiger partial charge is 0.325 e. The summed E-state index contributed by atoms with van der Waals surface area (Å²) in [6.07, 6.45) is 0.420. The molecule has 0 aromatic carbocycles. The first-order chi connectivity index (χ1) is 9.60. The lowest BCUT2D eigenvalue weighted by Crippen LogP contribution is -2.46. The van der Waals surface area contributed by atoms with Gasteiger partial charge in [-0.1, -0.05) is 6.92 Å². The molecule has 1 saturated heterocycles. The minimum Gasteiger partial charge on any atom is -0.465 e. The molecule has 0 bridgehead atoms. The van der Waals surface area contributed by atoms with E-state index in [0.717, 1.165) is 4.90 Å². The van der Waals surface area contributed by atoms with Crippen molar-refractivity contribution in [2.45, 2.75) is 46.6 Å². The summed E-state index contributed by atoms with van der Waals surface area (Å²) in [5, 5.41) is 2.56. The molecule has 0 radical (unpaired) electrons. The number of ether oxygens (including phenoxy) is 1. The highest BCUT2D eigenvalue weighted by Gasteiger charge is 2.49. The minimum absolute atomic E-state index is 0.159. The Kier molecular flexibility index (Phi) is 4.76. The summed E-state index contributed by atoms with van der Waals surface area (Å²) in [6.45, 7) is 7.58. The molecule has 1 aliphatic heterocycles. The van der Waals surface area contributed by atoms with Gasteiger partial charge in [-0.2, -0.15) is 0 Å². The molecule has 1 heterocycles. The summed E-state index contributed by atoms with van der Waals surface area (Å²) < 4.78 is 4.84. The van der Waals surface area contributed by atoms with Crippen molar-refractivity contribution >= 4 is 23.7 Å². The number of esters is 1. The third kappa shape index (κ3) is 3.06. The molecule has 0 aliphatic carbocycles. The van der Waals surface area contributed by atoms with E-state index in [4.69, 9.17) is 4.74 Å². The van der Waals surface area contributed by atoms with Crippen LogP contribution in [0.3, 0.4) is 0 Å². The van der Waals surface area contributed by atoms with Gasteiger partial charge in [0.05, 0.1) is 13.2 Å². The molecule has 3 amide bonds. The van der Waals surface area contributed by atoms with Gasteiger partial charge in [0.2, 0.25) is 0 Å². The lowest BCUT2D eigenvalue weighted by molar-refractivity contribution is -0.158. The van der Waals surface area contributed by atoms with Crippen LogP contribution in [0, 0.1) is 5.41 Å². The first-order valence-corrected chi connectivity index (χ1v) is 6.94. The van der Waals surface area contributed by atoms with E-state index in [2.05, 4.69) is 5.32 Å². The molecule has 0 spiro atoms. The maximum Gasteiger partial charge on any atom is 0.325 e. The molecule has 1 N–H and O–H groups in total. The zero-order valence-electron chi connectivity index (χ0n) is 13.1. The van der Waals surface area contributed by atoms with Crippen molar-refractivity contribution in [3.05, 3.63) is 0 Å². The van der Waals surface area contributed by atoms with Crippen molar-refractivity contribution in [3.8, 4) is 0 Å². The number of carbonyl (C=O) groups is 4. The van der Waals surface area contributed by atoms with Gasteiger partial charge < -0.3 is 10.1 Å². The van der Waals surface area contributed by atoms with Gasteiger partial charge in [-0.05, 0) is 34.1 Å². The summed E-state index contributed by atoms with van der Waals surface area (Å²) in [5.74, 6) is -1.66. The number of urea groups is 1. The molecule has 1 unspecified atom stereocenters. The largest absolute Gasteiger partial charge is 0.465 e. The van der Waals surface area contributed by atoms with Crippen molar-refractivity contribution in [2.24, 2.45) is 5.41 Å². The number of hydrogen-bond donors (Lipinski definition) is 1. The van der Waals surface area contributed by atoms with Gasteiger partial charge in [0.25, 0.3) is 5.91 Å². The molecule has 118 valence electrons. The number of nitrogens with zero attached hydrogens (tertiary/aromatic N) is 1. The zero-order valence-corrected chi connectivity index (χ0v) is 13.1. The summed E-state index contributed by atoms with van der Waals surface area (Å²) in [7, 11) is 0. The van der Waals surface area contributed by atoms with E-state index >= 15 is 0 Å². The average Bonchev–Trinajstić information content (AvgIpc) is 2.63. The Bertz CT molecular complexity index is 486. The molecule has 7 heteroatoms. The molecule has 0 aromatic heterocycles. The Labute approximate surface area is 124 Å². The number of nitrogens with one attached hydrogen (secondary N) is 1. The second kappa shape index (κ2) is 5.83. The molecule has 0 saturated carbocycles. The number of hydrogen-bond acceptors (Lipinski definition) is 5. The number of rotatable bonds is 6. The minimum atomic E-state index is -1.40. The number of amides is 3. The van der Waals surface area contributed by atoms with Crippen molar-refractivity contribution < 1.29 is 23.9 Å². The normalized spacial score (nSPS) is 22.2. The number of Topliss-reactive ketones (excluding diaryl/α,β-unsaturated/α-hetero) is 1. The van der Waals surface area contributed by atoms with Crippen LogP contribution in [-0.4, -0.2) is 47.3 Å². The van der Waals surface area contributed by atoms with Crippen molar-refractivity contribution in [1.29, 1.82) is 0 Å². The first kappa shape index (κ1) is 17.1. The van der Waals surface area contributed by atoms with Crippen LogP contribution in [0.4, 0.5) is 4.79 Å². The second-order valence-corrected chi connectivity index (χ2v) is 5.78. The average molecular weight is 298 g/mol. The van der Waals surface area contributed by atoms with Crippen LogP contribution in [0.1, 0.15) is 41.0 Å². The van der Waals surface area contributed by atoms with E-state index in [9.17, 15) is 19.2 Å². The molecular weight excluding hydrogens is 276 g/mol. The molecule has 7 nitrogen and oxygen atoms in total. The number of ketones is 1. The van der Waals surface area contributed by atoms with Crippen LogP contribution < -0.4 is 5.32 Å². The number of imide groups is 1. The third-order valence-corrected chi connectivity index (χ3v) is 3.84. The van der Waals surface area contributed by atoms with E-state index in [-0.39, 0.29) is 6.61 Å². The fourth-order valence-electron chi connectivity index (χ4n) is 1.90. The fourth-order valence-corrected chi connectivity index (χ4v) is 1.90. The first-order valence-electron chi connectivity index (χ1n) is 6.94. The van der Waals surface area contributed by atoms with Crippen molar-refractivity contribution in [2.75, 3.05) is 13.2 Å². The quantitative estimate of drug-likeness (QED) is 0.446. The molecular formula is C14H22N2O5. The van der Waals surface area contributed by atoms with Crippen LogP contribution in [0.15, 0.2) is 0 Å². The molecule has 1 fully saturated rings. The van der Waals surface area contributed by atoms with Gasteiger partial charge in [-0.15, -0.1) is 0 Å². The maximum atomic E-state index is 12.3. The molecule has 0 aromatic rings. The molecule has 1 rings (SSSR count). The Morgan fingerprint density at radius 1 is 1.29 bits per heavy atom. The lowest BCUT2D eigenvalue weighted by atomic mass is 9.87. The van der Waals surface area contributed by atoms with Gasteiger partial charge in [0, 0.05) is 0 Å². The summed E-state index contributed by atoms with van der Waals surface area (Å²) in [5.41, 5.74) is -2.40. The van der Waals surface area contributed by atoms with Crippen LogP contribution >= 0.6 is 0 Å². The Morgan fingerprint density at radius 2 is 1.86 bits per heavy atom. The standard InChI is InChI=1S/C14H22N2O5/c1-6-14(5)10(18)16(12(20)15-14)8-9(17)13(3,4)11(19)21-7-2/h6-8H2,1-5H3,(H,15,20). The van der Waals surface area contributed by atoms with E-state index in [1.54, 1.807) is 20.8 Å². The Balaban J connectivity index is 2.87. The van der Waals surface area contributed by atoms with Crippen LogP contribution in [0.25, 0.3) is 0 Å². The SMILES string of the molecule is CCOC(=O)C(C)(C)C(=O)CN1C(=O)NC(C)(CC)C1=O. The van der Waals surface area contributed by atoms with Crippen LogP contribution in [0.2, 0.25) is 0 Å². The van der Waals surface area contributed by atoms with E-state index in [1.807, 2.05) is 0 Å². The summed E-state index contributed by atoms with van der Waals surface area (Å²) in [6, 6.07) is -0.614. The predicted octanol–water partition coefficient (Wildman–Crippen LogP) is 0.865. The van der Waals surface area contributed by atoms with E-state index < -0.39 is 41.2 Å². The lowest BCUT2D eigenvalue weighted by Gasteiger charge is -2.23. The fraction of sp³-hybridized carbons (Fsp3) is 0.714. The molecule has 1 atom stereocenters. The highest BCUT2D eigenvalue weighted by atomic mass is 16.5. The van der Waals surface area contributed by atoms with Gasteiger partial charge in [-0.3, -0.25) is 19.3 Å². The van der Waals surface area contributed by atoms with E-state index in [1.165, 1.54) is 13.8 Å². The predicted molar refractivity (Wildman–Crippen MR) is 74.4 cm³/mol. The van der Waals surface area contributed by atoms with Crippen molar-refractivity contribution in [1.82, 2.24) is 10.2 Å². The van der Waals surface area contributed by atoms with Gasteiger partial charge in [-0.25, -0.2) is 4.79 Å². The summed E-state index contributed by atoms with van der Waals surface area (Å²) in [4.78, 5) is 48.9. The monoisotopic (exact) mass is 298 g/mol. The highest BCUT2D eigenvalue weighted by molar-refractivity contribution is 6.11. The maximum absolute atomic E-state index is 12.3. The Hall–Kier alpha value is -1.92. The van der Waals surface area contributed by atoms with Gasteiger partial charge >= 0.3 is 12.0 Å². The zero-order chi connectivity index (χ0) is 16.4. The van der Waals surface area contributed by atoms with Crippen molar-refractivity contribution in [3.63, 3.8) is 0 Å². The molecule has 1 aliphatic rings. The Morgan fingerprint density at radius 3 is 2.29 bits per heavy atom. The number of carbonyl (C=O) groups excluding carboxylic acids is 4. The van der Waals surface area contributed by atoms with Gasteiger partial charge in [0.1, 0.15) is 11.0 Å². The third-order valence-electron chi connectivity index (χ3n) is 3.84. The van der Waals surface area contributed by atoms with Gasteiger partial charge in [0.15, 0.2) is 5.78 Å².